The van der Waals surface area contributed by atoms with E-state index < -0.39 is 0 Å². The van der Waals surface area contributed by atoms with Crippen molar-refractivity contribution in [3.63, 3.8) is 0 Å². The van der Waals surface area contributed by atoms with Crippen molar-refractivity contribution in [2.24, 2.45) is 4.99 Å². The summed E-state index contributed by atoms with van der Waals surface area (Å²) in [6.07, 6.45) is 0. The summed E-state index contributed by atoms with van der Waals surface area (Å²) in [5.41, 5.74) is 0.960. The first-order chi connectivity index (χ1) is 11.6. The molecule has 0 saturated carbocycles. The monoisotopic (exact) mass is 344 g/mol. The highest BCUT2D eigenvalue weighted by Gasteiger charge is 2.11. The topological polar surface area (TPSA) is 43.6 Å². The van der Waals surface area contributed by atoms with Gasteiger partial charge in [0.05, 0.1) is 16.8 Å². The maximum absolute atomic E-state index is 14.1. The summed E-state index contributed by atoms with van der Waals surface area (Å²) in [5, 5.41) is 0. The van der Waals surface area contributed by atoms with E-state index in [1.165, 1.54) is 17.4 Å². The van der Waals surface area contributed by atoms with E-state index in [4.69, 9.17) is 4.74 Å². The fourth-order valence-corrected chi connectivity index (χ4v) is 3.58. The lowest BCUT2D eigenvalue weighted by Crippen LogP contribution is -2.16. The number of aromatic nitrogens is 1. The van der Waals surface area contributed by atoms with Crippen molar-refractivity contribution >= 4 is 27.5 Å². The third-order valence-corrected chi connectivity index (χ3v) is 4.62. The van der Waals surface area contributed by atoms with Gasteiger partial charge in [-0.3, -0.25) is 4.79 Å². The number of thiazole rings is 1. The molecule has 0 radical (unpaired) electrons. The number of para-hydroxylation sites is 1. The predicted octanol–water partition coefficient (Wildman–Crippen LogP) is 4.00. The van der Waals surface area contributed by atoms with Gasteiger partial charge < -0.3 is 9.30 Å². The Morgan fingerprint density at radius 3 is 2.62 bits per heavy atom. The molecule has 3 aromatic rings. The zero-order chi connectivity index (χ0) is 17.1. The van der Waals surface area contributed by atoms with Gasteiger partial charge in [-0.1, -0.05) is 17.4 Å². The van der Waals surface area contributed by atoms with Crippen LogP contribution in [0.25, 0.3) is 10.2 Å². The Morgan fingerprint density at radius 1 is 1.21 bits per heavy atom. The van der Waals surface area contributed by atoms with Gasteiger partial charge in [0.25, 0.3) is 5.91 Å². The molecule has 1 heterocycles. The van der Waals surface area contributed by atoms with Crippen LogP contribution in [-0.4, -0.2) is 17.1 Å². The molecule has 1 aromatic heterocycles. The predicted molar refractivity (Wildman–Crippen MR) is 93.0 cm³/mol. The fraction of sp³-hybridized carbons (Fsp3) is 0.222. The molecule has 24 heavy (non-hydrogen) atoms. The van der Waals surface area contributed by atoms with Crippen molar-refractivity contribution in [1.29, 1.82) is 0 Å². The SMILES string of the molecule is CCOc1ccc(C(=O)N=c2sc3cccc(F)c3n2CC)cc1. The van der Waals surface area contributed by atoms with Crippen molar-refractivity contribution in [1.82, 2.24) is 4.57 Å². The quantitative estimate of drug-likeness (QED) is 0.718. The van der Waals surface area contributed by atoms with Gasteiger partial charge in [-0.2, -0.15) is 4.99 Å². The van der Waals surface area contributed by atoms with Gasteiger partial charge in [-0.25, -0.2) is 4.39 Å². The Morgan fingerprint density at radius 2 is 1.96 bits per heavy atom. The van der Waals surface area contributed by atoms with Crippen molar-refractivity contribution in [3.05, 3.63) is 58.6 Å². The molecule has 0 N–H and O–H groups in total. The number of ether oxygens (including phenoxy) is 1. The van der Waals surface area contributed by atoms with Gasteiger partial charge >= 0.3 is 0 Å². The van der Waals surface area contributed by atoms with Gasteiger partial charge in [0.15, 0.2) is 4.80 Å². The zero-order valence-electron chi connectivity index (χ0n) is 13.5. The second kappa shape index (κ2) is 6.97. The number of benzene rings is 2. The first-order valence-corrected chi connectivity index (χ1v) is 8.55. The van der Waals surface area contributed by atoms with E-state index in [1.807, 2.05) is 19.9 Å². The van der Waals surface area contributed by atoms with Crippen LogP contribution in [0.4, 0.5) is 4.39 Å². The maximum Gasteiger partial charge on any atom is 0.279 e. The van der Waals surface area contributed by atoms with Crippen LogP contribution >= 0.6 is 11.3 Å². The molecule has 0 saturated heterocycles. The molecule has 1 amide bonds. The summed E-state index contributed by atoms with van der Waals surface area (Å²) in [5.74, 6) is 0.0504. The van der Waals surface area contributed by atoms with Crippen LogP contribution in [0.1, 0.15) is 24.2 Å². The zero-order valence-corrected chi connectivity index (χ0v) is 14.3. The van der Waals surface area contributed by atoms with E-state index >= 15 is 0 Å². The highest BCUT2D eigenvalue weighted by Crippen LogP contribution is 2.20. The molecule has 6 heteroatoms. The normalized spacial score (nSPS) is 11.9. The Balaban J connectivity index is 2.03. The number of fused-ring (bicyclic) bond motifs is 1. The molecule has 0 fully saturated rings. The van der Waals surface area contributed by atoms with Gasteiger partial charge in [0, 0.05) is 12.1 Å². The van der Waals surface area contributed by atoms with Gasteiger partial charge in [-0.15, -0.1) is 0 Å². The number of hydrogen-bond acceptors (Lipinski definition) is 3. The maximum atomic E-state index is 14.1. The first-order valence-electron chi connectivity index (χ1n) is 7.73. The minimum atomic E-state index is -0.354. The average Bonchev–Trinajstić information content (AvgIpc) is 2.94. The van der Waals surface area contributed by atoms with Crippen molar-refractivity contribution in [2.45, 2.75) is 20.4 Å². The highest BCUT2D eigenvalue weighted by molar-refractivity contribution is 7.16. The molecule has 3 rings (SSSR count). The third kappa shape index (κ3) is 3.10. The average molecular weight is 344 g/mol. The molecular weight excluding hydrogens is 327 g/mol. The number of aryl methyl sites for hydroxylation is 1. The molecule has 0 aliphatic rings. The molecule has 124 valence electrons. The van der Waals surface area contributed by atoms with E-state index in [0.717, 1.165) is 4.70 Å². The van der Waals surface area contributed by atoms with E-state index in [2.05, 4.69) is 4.99 Å². The number of hydrogen-bond donors (Lipinski definition) is 0. The second-order valence-corrected chi connectivity index (χ2v) is 6.10. The summed E-state index contributed by atoms with van der Waals surface area (Å²) in [6.45, 7) is 4.91. The van der Waals surface area contributed by atoms with Gasteiger partial charge in [-0.05, 0) is 50.2 Å². The molecule has 0 unspecified atom stereocenters. The number of carbonyl (C=O) groups is 1. The van der Waals surface area contributed by atoms with E-state index in [0.29, 0.717) is 34.8 Å². The van der Waals surface area contributed by atoms with Crippen LogP contribution < -0.4 is 9.54 Å². The van der Waals surface area contributed by atoms with Crippen molar-refractivity contribution in [3.8, 4) is 5.75 Å². The lowest BCUT2D eigenvalue weighted by atomic mass is 10.2. The lowest BCUT2D eigenvalue weighted by Gasteiger charge is -2.03. The number of nitrogens with zero attached hydrogens (tertiary/aromatic N) is 2. The number of amides is 1. The smallest absolute Gasteiger partial charge is 0.279 e. The molecule has 0 bridgehead atoms. The van der Waals surface area contributed by atoms with Gasteiger partial charge in [0.1, 0.15) is 11.6 Å². The lowest BCUT2D eigenvalue weighted by molar-refractivity contribution is 0.0998. The molecule has 2 aromatic carbocycles. The van der Waals surface area contributed by atoms with Gasteiger partial charge in [0.2, 0.25) is 0 Å². The Labute approximate surface area is 142 Å². The van der Waals surface area contributed by atoms with E-state index in [1.54, 1.807) is 34.9 Å². The van der Waals surface area contributed by atoms with Crippen molar-refractivity contribution < 1.29 is 13.9 Å². The second-order valence-electron chi connectivity index (χ2n) is 5.09. The Bertz CT molecular complexity index is 942. The number of halogens is 1. The van der Waals surface area contributed by atoms with Crippen LogP contribution in [0.5, 0.6) is 5.75 Å². The van der Waals surface area contributed by atoms with Crippen LogP contribution in [0, 0.1) is 5.82 Å². The Hall–Kier alpha value is -2.47. The summed E-state index contributed by atoms with van der Waals surface area (Å²) < 4.78 is 21.9. The molecule has 0 aliphatic carbocycles. The summed E-state index contributed by atoms with van der Waals surface area (Å²) in [6, 6.07) is 11.7. The van der Waals surface area contributed by atoms with Crippen LogP contribution in [0.2, 0.25) is 0 Å². The molecule has 0 spiro atoms. The van der Waals surface area contributed by atoms with Crippen LogP contribution in [0.3, 0.4) is 0 Å². The highest BCUT2D eigenvalue weighted by atomic mass is 32.1. The van der Waals surface area contributed by atoms with Crippen LogP contribution in [0.15, 0.2) is 47.5 Å². The molecule has 0 aliphatic heterocycles. The standard InChI is InChI=1S/C18H17FN2O2S/c1-3-21-16-14(19)6-5-7-15(16)24-18(21)20-17(22)12-8-10-13(11-9-12)23-4-2/h5-11H,3-4H2,1-2H3. The summed E-state index contributed by atoms with van der Waals surface area (Å²) >= 11 is 1.31. The van der Waals surface area contributed by atoms with E-state index in [-0.39, 0.29) is 11.7 Å². The van der Waals surface area contributed by atoms with E-state index in [9.17, 15) is 9.18 Å². The minimum absolute atomic E-state index is 0.305. The minimum Gasteiger partial charge on any atom is -0.494 e. The van der Waals surface area contributed by atoms with Crippen molar-refractivity contribution in [2.75, 3.05) is 6.61 Å². The largest absolute Gasteiger partial charge is 0.494 e. The summed E-state index contributed by atoms with van der Waals surface area (Å²) in [7, 11) is 0. The first kappa shape index (κ1) is 16.4. The number of rotatable bonds is 4. The van der Waals surface area contributed by atoms with Crippen LogP contribution in [-0.2, 0) is 6.54 Å². The molecule has 4 nitrogen and oxygen atoms in total. The Kier molecular flexibility index (Phi) is 4.76. The fourth-order valence-electron chi connectivity index (χ4n) is 2.48. The summed E-state index contributed by atoms with van der Waals surface area (Å²) in [4.78, 5) is 17.1. The number of carbonyl (C=O) groups excluding carboxylic acids is 1. The third-order valence-electron chi connectivity index (χ3n) is 3.58. The molecule has 0 atom stereocenters. The molecular formula is C18H17FN2O2S.